The minimum absolute atomic E-state index is 0.0202. The molecule has 12 heteroatoms. The van der Waals surface area contributed by atoms with Crippen LogP contribution >= 0.6 is 31.9 Å². The first-order valence-electron chi connectivity index (χ1n) is 11.5. The van der Waals surface area contributed by atoms with E-state index >= 15 is 0 Å². The van der Waals surface area contributed by atoms with Gasteiger partial charge < -0.3 is 4.74 Å². The number of amides is 3. The number of Topliss-reactive ketones (excluding diaryl/α,β-unsaturated/α-hetero) is 1. The van der Waals surface area contributed by atoms with Gasteiger partial charge in [0.2, 0.25) is 0 Å². The molecule has 0 spiro atoms. The molecular weight excluding hydrogens is 614 g/mol. The van der Waals surface area contributed by atoms with Crippen molar-refractivity contribution in [3.05, 3.63) is 69.8 Å². The Bertz CT molecular complexity index is 1300. The topological polar surface area (TPSA) is 127 Å². The number of nitrogens with zero attached hydrogens (tertiary/aromatic N) is 3. The Kier molecular flexibility index (Phi) is 6.65. The third kappa shape index (κ3) is 4.06. The van der Waals surface area contributed by atoms with Crippen molar-refractivity contribution in [2.24, 2.45) is 23.7 Å². The first kappa shape index (κ1) is 25.5. The number of benzene rings is 2. The lowest BCUT2D eigenvalue weighted by Gasteiger charge is -2.30. The van der Waals surface area contributed by atoms with E-state index in [0.29, 0.717) is 12.2 Å². The summed E-state index contributed by atoms with van der Waals surface area (Å²) in [6, 6.07) is 11.5. The SMILES string of the molecule is COc1cccc(C(=O)CN(C(=O)c2ccccc2[N+](=O)[O-])N2C(=O)[C@@H]3[C@H]4C[C@@H]([C@H](Br)[C@H]4Br)[C@@H]3C2=O)c1. The van der Waals surface area contributed by atoms with Gasteiger partial charge in [0.1, 0.15) is 17.9 Å². The quantitative estimate of drug-likeness (QED) is 0.150. The Hall–Kier alpha value is -3.12. The number of carbonyl (C=O) groups is 4. The highest BCUT2D eigenvalue weighted by Crippen LogP contribution is 2.60. The molecule has 6 atom stereocenters. The van der Waals surface area contributed by atoms with Crippen LogP contribution in [0, 0.1) is 33.8 Å². The summed E-state index contributed by atoms with van der Waals surface area (Å²) < 4.78 is 5.17. The molecule has 3 fully saturated rings. The number of para-hydroxylation sites is 1. The average molecular weight is 635 g/mol. The van der Waals surface area contributed by atoms with E-state index in [-0.39, 0.29) is 32.6 Å². The number of nitro benzene ring substituents is 1. The summed E-state index contributed by atoms with van der Waals surface area (Å²) in [4.78, 5) is 65.2. The number of halogens is 2. The van der Waals surface area contributed by atoms with Crippen LogP contribution in [0.1, 0.15) is 27.1 Å². The summed E-state index contributed by atoms with van der Waals surface area (Å²) in [6.45, 7) is -0.667. The van der Waals surface area contributed by atoms with Crippen LogP contribution in [0.3, 0.4) is 0 Å². The molecule has 1 heterocycles. The molecule has 3 aliphatic rings. The van der Waals surface area contributed by atoms with Crippen LogP contribution in [0.5, 0.6) is 5.75 Å². The van der Waals surface area contributed by atoms with E-state index in [9.17, 15) is 29.3 Å². The van der Waals surface area contributed by atoms with Gasteiger partial charge in [0, 0.05) is 21.3 Å². The highest BCUT2D eigenvalue weighted by molar-refractivity contribution is 9.12. The minimum Gasteiger partial charge on any atom is -0.497 e. The summed E-state index contributed by atoms with van der Waals surface area (Å²) in [5.41, 5.74) is -0.629. The summed E-state index contributed by atoms with van der Waals surface area (Å²) in [6.07, 6.45) is 0.688. The molecular formula is C25H21Br2N3O7. The molecule has 2 aromatic rings. The highest BCUT2D eigenvalue weighted by Gasteiger charge is 2.67. The molecule has 1 aliphatic heterocycles. The fraction of sp³-hybridized carbons (Fsp3) is 0.360. The molecule has 2 aromatic carbocycles. The number of carbonyl (C=O) groups excluding carboxylic acids is 4. The predicted octanol–water partition coefficient (Wildman–Crippen LogP) is 3.62. The van der Waals surface area contributed by atoms with Gasteiger partial charge in [0.15, 0.2) is 5.78 Å². The van der Waals surface area contributed by atoms with Crippen molar-refractivity contribution in [2.45, 2.75) is 16.1 Å². The molecule has 0 aromatic heterocycles. The van der Waals surface area contributed by atoms with E-state index in [0.717, 1.165) is 16.1 Å². The Morgan fingerprint density at radius 1 is 1.05 bits per heavy atom. The lowest BCUT2D eigenvalue weighted by Crippen LogP contribution is -2.52. The Labute approximate surface area is 228 Å². The van der Waals surface area contributed by atoms with Crippen LogP contribution in [0.15, 0.2) is 48.5 Å². The number of ether oxygens (including phenoxy) is 1. The second-order valence-electron chi connectivity index (χ2n) is 9.28. The van der Waals surface area contributed by atoms with Gasteiger partial charge in [-0.1, -0.05) is 56.1 Å². The number of imide groups is 1. The fourth-order valence-electron chi connectivity index (χ4n) is 5.78. The smallest absolute Gasteiger partial charge is 0.282 e. The minimum atomic E-state index is -0.983. The van der Waals surface area contributed by atoms with Gasteiger partial charge >= 0.3 is 0 Å². The highest BCUT2D eigenvalue weighted by atomic mass is 79.9. The van der Waals surface area contributed by atoms with Crippen molar-refractivity contribution in [2.75, 3.05) is 13.7 Å². The first-order valence-corrected chi connectivity index (χ1v) is 13.4. The van der Waals surface area contributed by atoms with Crippen molar-refractivity contribution in [3.8, 4) is 5.75 Å². The van der Waals surface area contributed by atoms with Crippen molar-refractivity contribution >= 4 is 61.1 Å². The van der Waals surface area contributed by atoms with E-state index in [1.54, 1.807) is 12.1 Å². The van der Waals surface area contributed by atoms with Crippen LogP contribution in [0.2, 0.25) is 0 Å². The van der Waals surface area contributed by atoms with Gasteiger partial charge in [-0.15, -0.1) is 0 Å². The number of alkyl halides is 2. The van der Waals surface area contributed by atoms with Crippen molar-refractivity contribution in [1.29, 1.82) is 0 Å². The molecule has 3 amide bonds. The van der Waals surface area contributed by atoms with Crippen molar-refractivity contribution < 1.29 is 28.8 Å². The normalized spacial score (nSPS) is 27.8. The molecule has 0 unspecified atom stereocenters. The fourth-order valence-corrected chi connectivity index (χ4v) is 7.65. The molecule has 2 aliphatic carbocycles. The largest absolute Gasteiger partial charge is 0.497 e. The second kappa shape index (κ2) is 9.64. The number of nitro groups is 1. The summed E-state index contributed by atoms with van der Waals surface area (Å²) >= 11 is 7.25. The predicted molar refractivity (Wildman–Crippen MR) is 137 cm³/mol. The molecule has 192 valence electrons. The van der Waals surface area contributed by atoms with Crippen LogP contribution in [-0.2, 0) is 9.59 Å². The van der Waals surface area contributed by atoms with Crippen LogP contribution in [-0.4, -0.2) is 61.8 Å². The van der Waals surface area contributed by atoms with E-state index in [2.05, 4.69) is 31.9 Å². The zero-order valence-corrected chi connectivity index (χ0v) is 22.6. The Balaban J connectivity index is 1.55. The van der Waals surface area contributed by atoms with Gasteiger partial charge in [-0.3, -0.25) is 29.3 Å². The monoisotopic (exact) mass is 633 g/mol. The Morgan fingerprint density at radius 3 is 2.27 bits per heavy atom. The maximum atomic E-state index is 13.7. The van der Waals surface area contributed by atoms with Gasteiger partial charge in [-0.05, 0) is 36.5 Å². The zero-order chi connectivity index (χ0) is 26.6. The van der Waals surface area contributed by atoms with E-state index in [4.69, 9.17) is 4.74 Å². The van der Waals surface area contributed by atoms with Crippen LogP contribution in [0.4, 0.5) is 5.69 Å². The maximum absolute atomic E-state index is 13.7. The number of hydrazine groups is 1. The lowest BCUT2D eigenvalue weighted by molar-refractivity contribution is -0.385. The molecule has 10 nitrogen and oxygen atoms in total. The molecule has 2 bridgehead atoms. The van der Waals surface area contributed by atoms with Gasteiger partial charge in [0.25, 0.3) is 23.4 Å². The molecule has 0 radical (unpaired) electrons. The number of hydrogen-bond acceptors (Lipinski definition) is 7. The van der Waals surface area contributed by atoms with E-state index < -0.39 is 52.5 Å². The van der Waals surface area contributed by atoms with Gasteiger partial charge in [0.05, 0.1) is 23.9 Å². The average Bonchev–Trinajstić information content (AvgIpc) is 3.51. The van der Waals surface area contributed by atoms with Crippen molar-refractivity contribution in [1.82, 2.24) is 10.0 Å². The molecule has 2 saturated carbocycles. The third-order valence-electron chi connectivity index (χ3n) is 7.46. The van der Waals surface area contributed by atoms with Crippen LogP contribution in [0.25, 0.3) is 0 Å². The van der Waals surface area contributed by atoms with E-state index in [1.165, 1.54) is 37.4 Å². The third-order valence-corrected chi connectivity index (χ3v) is 10.7. The van der Waals surface area contributed by atoms with Crippen molar-refractivity contribution in [3.63, 3.8) is 0 Å². The molecule has 37 heavy (non-hydrogen) atoms. The van der Waals surface area contributed by atoms with E-state index in [1.807, 2.05) is 0 Å². The van der Waals surface area contributed by atoms with Gasteiger partial charge in [-0.2, -0.15) is 5.01 Å². The number of methoxy groups -OCH3 is 1. The first-order chi connectivity index (χ1) is 17.6. The number of hydrogen-bond donors (Lipinski definition) is 0. The zero-order valence-electron chi connectivity index (χ0n) is 19.5. The standard InChI is InChI=1S/C25H21Br2N3O7/c1-37-13-6-4-5-12(9-13)18(31)11-28(23(32)14-7-2-3-8-17(14)30(35)36)29-24(33)19-15-10-16(20(19)25(29)34)22(27)21(15)26/h2-9,15-16,19-22H,10-11H2,1H3/t15-,16-,19-,20+,21+,22+/m1/s1. The molecule has 1 saturated heterocycles. The lowest BCUT2D eigenvalue weighted by atomic mass is 9.81. The van der Waals surface area contributed by atoms with Crippen LogP contribution < -0.4 is 4.74 Å². The second-order valence-corrected chi connectivity index (χ2v) is 11.4. The maximum Gasteiger partial charge on any atom is 0.282 e. The molecule has 5 rings (SSSR count). The number of fused-ring (bicyclic) bond motifs is 5. The molecule has 0 N–H and O–H groups in total. The summed E-state index contributed by atoms with van der Waals surface area (Å²) in [5.74, 6) is -3.78. The number of ketones is 1. The Morgan fingerprint density at radius 2 is 1.68 bits per heavy atom. The number of rotatable bonds is 7. The summed E-state index contributed by atoms with van der Waals surface area (Å²) in [5, 5.41) is 13.1. The summed E-state index contributed by atoms with van der Waals surface area (Å²) in [7, 11) is 1.44. The van der Waals surface area contributed by atoms with Gasteiger partial charge in [-0.25, -0.2) is 5.01 Å².